The molecule has 0 amide bonds. The highest BCUT2D eigenvalue weighted by Crippen LogP contribution is 2.26. The number of hydrogen-bond donors (Lipinski definition) is 1. The molecule has 0 spiro atoms. The highest BCUT2D eigenvalue weighted by molar-refractivity contribution is 4.79. The molecule has 2 atom stereocenters. The maximum Gasteiger partial charge on any atom is 0.0469 e. The fourth-order valence-corrected chi connectivity index (χ4v) is 2.21. The fourth-order valence-electron chi connectivity index (χ4n) is 2.21. The van der Waals surface area contributed by atoms with Crippen molar-refractivity contribution in [2.24, 2.45) is 11.7 Å². The maximum absolute atomic E-state index is 5.99. The van der Waals surface area contributed by atoms with Crippen LogP contribution in [0.25, 0.3) is 0 Å². The summed E-state index contributed by atoms with van der Waals surface area (Å²) in [4.78, 5) is 0. The van der Waals surface area contributed by atoms with Gasteiger partial charge in [0.25, 0.3) is 0 Å². The van der Waals surface area contributed by atoms with Crippen molar-refractivity contribution < 1.29 is 4.74 Å². The van der Waals surface area contributed by atoms with Crippen molar-refractivity contribution in [1.29, 1.82) is 0 Å². The topological polar surface area (TPSA) is 35.2 Å². The van der Waals surface area contributed by atoms with E-state index in [9.17, 15) is 0 Å². The van der Waals surface area contributed by atoms with Gasteiger partial charge in [-0.15, -0.1) is 0 Å². The van der Waals surface area contributed by atoms with E-state index in [1.165, 1.54) is 44.9 Å². The molecule has 0 aromatic carbocycles. The van der Waals surface area contributed by atoms with E-state index in [0.29, 0.717) is 6.04 Å². The average Bonchev–Trinajstić information content (AvgIpc) is 2.58. The first kappa shape index (κ1) is 12.0. The lowest BCUT2D eigenvalue weighted by atomic mass is 10.0. The molecule has 1 rings (SSSR count). The van der Waals surface area contributed by atoms with E-state index in [1.807, 2.05) is 0 Å². The molecule has 1 saturated carbocycles. The van der Waals surface area contributed by atoms with Gasteiger partial charge < -0.3 is 10.5 Å². The van der Waals surface area contributed by atoms with Gasteiger partial charge in [-0.2, -0.15) is 0 Å². The summed E-state index contributed by atoms with van der Waals surface area (Å²) in [5.74, 6) is 0.737. The van der Waals surface area contributed by atoms with Crippen LogP contribution in [0.5, 0.6) is 0 Å². The van der Waals surface area contributed by atoms with E-state index in [-0.39, 0.29) is 0 Å². The van der Waals surface area contributed by atoms with Crippen LogP contribution in [-0.4, -0.2) is 19.3 Å². The summed E-state index contributed by atoms with van der Waals surface area (Å²) < 4.78 is 5.59. The fraction of sp³-hybridized carbons (Fsp3) is 1.00. The SMILES string of the molecule is CCCCCOCCC1CCCC1N. The Labute approximate surface area is 88.2 Å². The molecule has 1 aliphatic rings. The van der Waals surface area contributed by atoms with Crippen LogP contribution < -0.4 is 5.73 Å². The van der Waals surface area contributed by atoms with Gasteiger partial charge in [0.1, 0.15) is 0 Å². The summed E-state index contributed by atoms with van der Waals surface area (Å²) in [6.45, 7) is 4.08. The Kier molecular flexibility index (Phi) is 6.20. The highest BCUT2D eigenvalue weighted by Gasteiger charge is 2.22. The van der Waals surface area contributed by atoms with Gasteiger partial charge in [0, 0.05) is 19.3 Å². The van der Waals surface area contributed by atoms with Gasteiger partial charge in [-0.05, 0) is 31.6 Å². The molecule has 14 heavy (non-hydrogen) atoms. The average molecular weight is 199 g/mol. The van der Waals surface area contributed by atoms with Gasteiger partial charge in [0.2, 0.25) is 0 Å². The second kappa shape index (κ2) is 7.24. The predicted molar refractivity (Wildman–Crippen MR) is 60.3 cm³/mol. The van der Waals surface area contributed by atoms with Crippen molar-refractivity contribution in [2.45, 2.75) is 57.9 Å². The second-order valence-corrected chi connectivity index (χ2v) is 4.46. The summed E-state index contributed by atoms with van der Waals surface area (Å²) in [7, 11) is 0. The third kappa shape index (κ3) is 4.43. The Morgan fingerprint density at radius 2 is 2.07 bits per heavy atom. The number of nitrogens with two attached hydrogens (primary N) is 1. The normalized spacial score (nSPS) is 27.0. The molecule has 0 heterocycles. The van der Waals surface area contributed by atoms with Crippen LogP contribution in [0.4, 0.5) is 0 Å². The van der Waals surface area contributed by atoms with Crippen molar-refractivity contribution in [3.63, 3.8) is 0 Å². The Hall–Kier alpha value is -0.0800. The van der Waals surface area contributed by atoms with Crippen LogP contribution in [0.3, 0.4) is 0 Å². The van der Waals surface area contributed by atoms with Crippen molar-refractivity contribution in [3.05, 3.63) is 0 Å². The Morgan fingerprint density at radius 1 is 1.21 bits per heavy atom. The minimum absolute atomic E-state index is 0.453. The number of ether oxygens (including phenoxy) is 1. The van der Waals surface area contributed by atoms with Crippen molar-refractivity contribution in [3.8, 4) is 0 Å². The Bertz CT molecular complexity index is 138. The molecule has 2 unspecified atom stereocenters. The molecule has 0 radical (unpaired) electrons. The molecule has 2 heteroatoms. The molecular weight excluding hydrogens is 174 g/mol. The molecule has 0 aromatic rings. The summed E-state index contributed by atoms with van der Waals surface area (Å²) in [6.07, 6.45) is 8.82. The standard InChI is InChI=1S/C12H25NO/c1-2-3-4-9-14-10-8-11-6-5-7-12(11)13/h11-12H,2-10,13H2,1H3. The first-order chi connectivity index (χ1) is 6.84. The zero-order valence-electron chi connectivity index (χ0n) is 9.50. The van der Waals surface area contributed by atoms with Crippen molar-refractivity contribution in [1.82, 2.24) is 0 Å². The molecule has 2 N–H and O–H groups in total. The van der Waals surface area contributed by atoms with Crippen LogP contribution in [0.2, 0.25) is 0 Å². The van der Waals surface area contributed by atoms with Crippen molar-refractivity contribution in [2.75, 3.05) is 13.2 Å². The first-order valence-electron chi connectivity index (χ1n) is 6.18. The Balaban J connectivity index is 1.88. The molecule has 1 aliphatic carbocycles. The third-order valence-electron chi connectivity index (χ3n) is 3.24. The van der Waals surface area contributed by atoms with E-state index in [1.54, 1.807) is 0 Å². The monoisotopic (exact) mass is 199 g/mol. The van der Waals surface area contributed by atoms with E-state index in [2.05, 4.69) is 6.92 Å². The maximum atomic E-state index is 5.99. The van der Waals surface area contributed by atoms with E-state index < -0.39 is 0 Å². The van der Waals surface area contributed by atoms with Crippen LogP contribution in [0.15, 0.2) is 0 Å². The van der Waals surface area contributed by atoms with Gasteiger partial charge in [-0.1, -0.05) is 26.2 Å². The largest absolute Gasteiger partial charge is 0.381 e. The molecule has 0 bridgehead atoms. The molecule has 2 nitrogen and oxygen atoms in total. The minimum atomic E-state index is 0.453. The van der Waals surface area contributed by atoms with Gasteiger partial charge >= 0.3 is 0 Å². The quantitative estimate of drug-likeness (QED) is 0.640. The van der Waals surface area contributed by atoms with Crippen LogP contribution in [-0.2, 0) is 4.74 Å². The zero-order chi connectivity index (χ0) is 10.2. The molecule has 0 aliphatic heterocycles. The second-order valence-electron chi connectivity index (χ2n) is 4.46. The summed E-state index contributed by atoms with van der Waals surface area (Å²) in [6, 6.07) is 0.453. The van der Waals surface area contributed by atoms with Crippen LogP contribution >= 0.6 is 0 Å². The number of hydrogen-bond acceptors (Lipinski definition) is 2. The van der Waals surface area contributed by atoms with Crippen molar-refractivity contribution >= 4 is 0 Å². The summed E-state index contributed by atoms with van der Waals surface area (Å²) in [5.41, 5.74) is 5.99. The molecule has 84 valence electrons. The zero-order valence-corrected chi connectivity index (χ0v) is 9.50. The highest BCUT2D eigenvalue weighted by atomic mass is 16.5. The molecule has 0 saturated heterocycles. The number of unbranched alkanes of at least 4 members (excludes halogenated alkanes) is 2. The number of rotatable bonds is 7. The Morgan fingerprint density at radius 3 is 2.71 bits per heavy atom. The van der Waals surface area contributed by atoms with Gasteiger partial charge in [-0.25, -0.2) is 0 Å². The lowest BCUT2D eigenvalue weighted by Crippen LogP contribution is -2.25. The van der Waals surface area contributed by atoms with Gasteiger partial charge in [-0.3, -0.25) is 0 Å². The van der Waals surface area contributed by atoms with Crippen LogP contribution in [0, 0.1) is 5.92 Å². The van der Waals surface area contributed by atoms with E-state index >= 15 is 0 Å². The molecule has 0 aromatic heterocycles. The third-order valence-corrected chi connectivity index (χ3v) is 3.24. The molecular formula is C12H25NO. The first-order valence-corrected chi connectivity index (χ1v) is 6.18. The van der Waals surface area contributed by atoms with E-state index in [4.69, 9.17) is 10.5 Å². The van der Waals surface area contributed by atoms with Gasteiger partial charge in [0.05, 0.1) is 0 Å². The lowest BCUT2D eigenvalue weighted by molar-refractivity contribution is 0.115. The smallest absolute Gasteiger partial charge is 0.0469 e. The summed E-state index contributed by atoms with van der Waals surface area (Å²) in [5, 5.41) is 0. The minimum Gasteiger partial charge on any atom is -0.381 e. The summed E-state index contributed by atoms with van der Waals surface area (Å²) >= 11 is 0. The van der Waals surface area contributed by atoms with Gasteiger partial charge in [0.15, 0.2) is 0 Å². The van der Waals surface area contributed by atoms with E-state index in [0.717, 1.165) is 19.1 Å². The lowest BCUT2D eigenvalue weighted by Gasteiger charge is -2.14. The predicted octanol–water partition coefficient (Wildman–Crippen LogP) is 2.71. The van der Waals surface area contributed by atoms with Crippen LogP contribution in [0.1, 0.15) is 51.9 Å². The molecule has 1 fully saturated rings.